The molecule has 0 radical (unpaired) electrons. The van der Waals surface area contributed by atoms with Crippen LogP contribution in [0.15, 0.2) is 0 Å². The van der Waals surface area contributed by atoms with Crippen molar-refractivity contribution in [3.05, 3.63) is 0 Å². The molecule has 78 valence electrons. The van der Waals surface area contributed by atoms with Crippen molar-refractivity contribution in [2.75, 3.05) is 33.7 Å². The van der Waals surface area contributed by atoms with Crippen molar-refractivity contribution in [1.82, 2.24) is 9.80 Å². The maximum Gasteiger partial charge on any atom is 0.00900 e. The molecule has 1 unspecified atom stereocenters. The second kappa shape index (κ2) is 4.97. The van der Waals surface area contributed by atoms with Gasteiger partial charge in [0.15, 0.2) is 0 Å². The van der Waals surface area contributed by atoms with Gasteiger partial charge in [0.25, 0.3) is 0 Å². The van der Waals surface area contributed by atoms with E-state index in [-0.39, 0.29) is 0 Å². The summed E-state index contributed by atoms with van der Waals surface area (Å²) in [5, 5.41) is 0. The van der Waals surface area contributed by atoms with E-state index < -0.39 is 0 Å². The predicted octanol–water partition coefficient (Wildman–Crippen LogP) is 1.67. The first kappa shape index (κ1) is 11.0. The summed E-state index contributed by atoms with van der Waals surface area (Å²) in [5.41, 5.74) is 0. The fraction of sp³-hybridized carbons (Fsp3) is 1.00. The number of likely N-dealkylation sites (tertiary alicyclic amines) is 1. The van der Waals surface area contributed by atoms with Crippen LogP contribution in [0, 0.1) is 5.92 Å². The van der Waals surface area contributed by atoms with Crippen LogP contribution >= 0.6 is 0 Å². The standard InChI is InChI=1S/C11H24N2/c1-5-13-8-6-11(7-9-13)10(2)12(3)4/h10-11H,5-9H2,1-4H3. The van der Waals surface area contributed by atoms with Crippen molar-refractivity contribution in [2.24, 2.45) is 5.92 Å². The van der Waals surface area contributed by atoms with Crippen molar-refractivity contribution in [2.45, 2.75) is 32.7 Å². The number of piperidine rings is 1. The van der Waals surface area contributed by atoms with Gasteiger partial charge >= 0.3 is 0 Å². The van der Waals surface area contributed by atoms with Gasteiger partial charge < -0.3 is 9.80 Å². The molecule has 1 aliphatic rings. The zero-order valence-electron chi connectivity index (χ0n) is 9.58. The Morgan fingerprint density at radius 1 is 1.31 bits per heavy atom. The molecule has 1 atom stereocenters. The van der Waals surface area contributed by atoms with Gasteiger partial charge in [0.2, 0.25) is 0 Å². The highest BCUT2D eigenvalue weighted by molar-refractivity contribution is 4.78. The zero-order valence-corrected chi connectivity index (χ0v) is 9.58. The largest absolute Gasteiger partial charge is 0.306 e. The second-order valence-corrected chi connectivity index (χ2v) is 4.48. The van der Waals surface area contributed by atoms with Crippen LogP contribution in [-0.2, 0) is 0 Å². The van der Waals surface area contributed by atoms with Crippen molar-refractivity contribution < 1.29 is 0 Å². The molecule has 0 spiro atoms. The Labute approximate surface area is 82.9 Å². The summed E-state index contributed by atoms with van der Waals surface area (Å²) in [5.74, 6) is 0.915. The summed E-state index contributed by atoms with van der Waals surface area (Å²) in [6, 6.07) is 0.749. The van der Waals surface area contributed by atoms with Gasteiger partial charge in [-0.1, -0.05) is 6.92 Å². The second-order valence-electron chi connectivity index (χ2n) is 4.48. The van der Waals surface area contributed by atoms with Crippen LogP contribution in [0.1, 0.15) is 26.7 Å². The molecule has 2 heteroatoms. The van der Waals surface area contributed by atoms with E-state index in [0.717, 1.165) is 12.0 Å². The fourth-order valence-electron chi connectivity index (χ4n) is 2.17. The topological polar surface area (TPSA) is 6.48 Å². The molecule has 0 aliphatic carbocycles. The highest BCUT2D eigenvalue weighted by Crippen LogP contribution is 2.22. The minimum atomic E-state index is 0.749. The maximum atomic E-state index is 2.55. The summed E-state index contributed by atoms with van der Waals surface area (Å²) in [6.07, 6.45) is 2.76. The fourth-order valence-corrected chi connectivity index (χ4v) is 2.17. The van der Waals surface area contributed by atoms with Crippen LogP contribution in [-0.4, -0.2) is 49.6 Å². The van der Waals surface area contributed by atoms with Gasteiger partial charge in [0.05, 0.1) is 0 Å². The van der Waals surface area contributed by atoms with Crippen LogP contribution < -0.4 is 0 Å². The molecule has 1 aliphatic heterocycles. The average Bonchev–Trinajstić information content (AvgIpc) is 2.17. The van der Waals surface area contributed by atoms with Gasteiger partial charge in [-0.25, -0.2) is 0 Å². The molecule has 1 saturated heterocycles. The Hall–Kier alpha value is -0.0800. The van der Waals surface area contributed by atoms with Crippen LogP contribution in [0.4, 0.5) is 0 Å². The van der Waals surface area contributed by atoms with Gasteiger partial charge in [0.1, 0.15) is 0 Å². The van der Waals surface area contributed by atoms with Gasteiger partial charge in [0, 0.05) is 6.04 Å². The first-order chi connectivity index (χ1) is 6.15. The lowest BCUT2D eigenvalue weighted by atomic mass is 9.90. The Morgan fingerprint density at radius 2 is 1.85 bits per heavy atom. The van der Waals surface area contributed by atoms with Gasteiger partial charge in [-0.15, -0.1) is 0 Å². The van der Waals surface area contributed by atoms with Gasteiger partial charge in [-0.2, -0.15) is 0 Å². The molecule has 0 bridgehead atoms. The molecule has 0 saturated carbocycles. The lowest BCUT2D eigenvalue weighted by molar-refractivity contribution is 0.129. The third kappa shape index (κ3) is 2.96. The third-order valence-electron chi connectivity index (χ3n) is 3.58. The summed E-state index contributed by atoms with van der Waals surface area (Å²) >= 11 is 0. The minimum Gasteiger partial charge on any atom is -0.306 e. The number of rotatable bonds is 3. The monoisotopic (exact) mass is 184 g/mol. The summed E-state index contributed by atoms with van der Waals surface area (Å²) in [6.45, 7) is 8.45. The average molecular weight is 184 g/mol. The minimum absolute atomic E-state index is 0.749. The van der Waals surface area contributed by atoms with Crippen LogP contribution in [0.2, 0.25) is 0 Å². The van der Waals surface area contributed by atoms with Crippen molar-refractivity contribution in [1.29, 1.82) is 0 Å². The summed E-state index contributed by atoms with van der Waals surface area (Å²) in [4.78, 5) is 4.91. The van der Waals surface area contributed by atoms with Crippen LogP contribution in [0.3, 0.4) is 0 Å². The Kier molecular flexibility index (Phi) is 4.20. The van der Waals surface area contributed by atoms with Crippen molar-refractivity contribution in [3.8, 4) is 0 Å². The molecule has 1 heterocycles. The van der Waals surface area contributed by atoms with E-state index in [1.165, 1.54) is 32.5 Å². The molecule has 1 fully saturated rings. The van der Waals surface area contributed by atoms with E-state index in [0.29, 0.717) is 0 Å². The highest BCUT2D eigenvalue weighted by atomic mass is 15.1. The van der Waals surface area contributed by atoms with Crippen molar-refractivity contribution >= 4 is 0 Å². The quantitative estimate of drug-likeness (QED) is 0.658. The summed E-state index contributed by atoms with van der Waals surface area (Å²) in [7, 11) is 4.38. The molecule has 0 aromatic rings. The molecule has 13 heavy (non-hydrogen) atoms. The molecular weight excluding hydrogens is 160 g/mol. The van der Waals surface area contributed by atoms with E-state index in [4.69, 9.17) is 0 Å². The first-order valence-corrected chi connectivity index (χ1v) is 5.54. The molecular formula is C11H24N2. The van der Waals surface area contributed by atoms with Gasteiger partial charge in [-0.05, 0) is 59.4 Å². The van der Waals surface area contributed by atoms with Crippen molar-refractivity contribution in [3.63, 3.8) is 0 Å². The lowest BCUT2D eigenvalue weighted by Gasteiger charge is -2.36. The van der Waals surface area contributed by atoms with E-state index in [2.05, 4.69) is 37.7 Å². The smallest absolute Gasteiger partial charge is 0.00900 e. The van der Waals surface area contributed by atoms with E-state index in [1.807, 2.05) is 0 Å². The highest BCUT2D eigenvalue weighted by Gasteiger charge is 2.23. The third-order valence-corrected chi connectivity index (χ3v) is 3.58. The zero-order chi connectivity index (χ0) is 9.84. The first-order valence-electron chi connectivity index (χ1n) is 5.54. The molecule has 0 aromatic carbocycles. The number of nitrogens with zero attached hydrogens (tertiary/aromatic N) is 2. The normalized spacial score (nSPS) is 23.8. The molecule has 0 aromatic heterocycles. The molecule has 1 rings (SSSR count). The van der Waals surface area contributed by atoms with Gasteiger partial charge in [-0.3, -0.25) is 0 Å². The Bertz CT molecular complexity index is 137. The lowest BCUT2D eigenvalue weighted by Crippen LogP contribution is -2.41. The van der Waals surface area contributed by atoms with E-state index in [1.54, 1.807) is 0 Å². The predicted molar refractivity (Wildman–Crippen MR) is 58.0 cm³/mol. The van der Waals surface area contributed by atoms with Crippen LogP contribution in [0.25, 0.3) is 0 Å². The van der Waals surface area contributed by atoms with E-state index in [9.17, 15) is 0 Å². The Morgan fingerprint density at radius 3 is 2.23 bits per heavy atom. The number of hydrogen-bond donors (Lipinski definition) is 0. The maximum absolute atomic E-state index is 2.55. The molecule has 0 amide bonds. The molecule has 2 nitrogen and oxygen atoms in total. The van der Waals surface area contributed by atoms with Crippen LogP contribution in [0.5, 0.6) is 0 Å². The SMILES string of the molecule is CCN1CCC(C(C)N(C)C)CC1. The number of hydrogen-bond acceptors (Lipinski definition) is 2. The summed E-state index contributed by atoms with van der Waals surface area (Å²) < 4.78 is 0. The molecule has 0 N–H and O–H groups in total. The Balaban J connectivity index is 2.32. The van der Waals surface area contributed by atoms with E-state index >= 15 is 0 Å².